The molecule has 0 aliphatic rings. The summed E-state index contributed by atoms with van der Waals surface area (Å²) in [4.78, 5) is 19.8. The molecule has 0 unspecified atom stereocenters. The third-order valence-corrected chi connectivity index (χ3v) is 4.71. The molecule has 3 rings (SSSR count). The van der Waals surface area contributed by atoms with E-state index in [4.69, 9.17) is 4.74 Å². The van der Waals surface area contributed by atoms with E-state index in [0.29, 0.717) is 5.88 Å². The van der Waals surface area contributed by atoms with Gasteiger partial charge in [0.1, 0.15) is 10.6 Å². The van der Waals surface area contributed by atoms with E-state index in [2.05, 4.69) is 20.4 Å². The summed E-state index contributed by atoms with van der Waals surface area (Å²) in [6, 6.07) is 7.69. The quantitative estimate of drug-likeness (QED) is 0.727. The molecule has 3 aromatic heterocycles. The van der Waals surface area contributed by atoms with Crippen LogP contribution < -0.4 is 10.1 Å². The van der Waals surface area contributed by atoms with Crippen molar-refractivity contribution < 1.29 is 17.9 Å². The summed E-state index contributed by atoms with van der Waals surface area (Å²) in [5.74, 6) is -0.175. The Bertz CT molecular complexity index is 984. The molecule has 0 saturated carbocycles. The van der Waals surface area contributed by atoms with Crippen LogP contribution in [0.5, 0.6) is 5.88 Å². The number of carbonyl (C=O) groups excluding carboxylic acids is 1. The summed E-state index contributed by atoms with van der Waals surface area (Å²) < 4.78 is 30.6. The Morgan fingerprint density at radius 1 is 1.16 bits per heavy atom. The topological polar surface area (TPSA) is 116 Å². The molecule has 9 nitrogen and oxygen atoms in total. The maximum Gasteiger partial charge on any atom is 0.284 e. The average Bonchev–Trinajstić information content (AvgIpc) is 3.12. The molecule has 0 bridgehead atoms. The van der Waals surface area contributed by atoms with Crippen LogP contribution in [-0.2, 0) is 10.0 Å². The first-order valence-electron chi connectivity index (χ1n) is 7.03. The lowest BCUT2D eigenvalue weighted by molar-refractivity contribution is 0.102. The van der Waals surface area contributed by atoms with Crippen molar-refractivity contribution in [3.63, 3.8) is 0 Å². The molecule has 1 amide bonds. The minimum atomic E-state index is -3.92. The molecule has 0 atom stereocenters. The smallest absolute Gasteiger partial charge is 0.284 e. The molecule has 0 fully saturated rings. The second kappa shape index (κ2) is 6.69. The summed E-state index contributed by atoms with van der Waals surface area (Å²) in [6.45, 7) is 0. The molecular formula is C15H13N5O4S. The molecule has 10 heteroatoms. The Balaban J connectivity index is 1.81. The summed E-state index contributed by atoms with van der Waals surface area (Å²) in [5, 5.41) is 6.32. The second-order valence-electron chi connectivity index (χ2n) is 4.81. The molecular weight excluding hydrogens is 346 g/mol. The van der Waals surface area contributed by atoms with Gasteiger partial charge in [-0.15, -0.1) is 0 Å². The molecule has 128 valence electrons. The Kier molecular flexibility index (Phi) is 4.44. The van der Waals surface area contributed by atoms with Gasteiger partial charge in [0.05, 0.1) is 31.4 Å². The molecule has 0 spiro atoms. The molecule has 0 aliphatic carbocycles. The van der Waals surface area contributed by atoms with Gasteiger partial charge in [-0.2, -0.15) is 17.6 Å². The van der Waals surface area contributed by atoms with Gasteiger partial charge in [-0.25, -0.2) is 4.98 Å². The maximum atomic E-state index is 12.5. The average molecular weight is 359 g/mol. The largest absolute Gasteiger partial charge is 0.481 e. The number of pyridine rings is 2. The Labute approximate surface area is 143 Å². The van der Waals surface area contributed by atoms with Gasteiger partial charge in [0.15, 0.2) is 0 Å². The SMILES string of the molecule is COc1ccc(S(=O)(=O)n2cc(NC(=O)c3ccccn3)cn2)cn1. The number of aromatic nitrogens is 4. The van der Waals surface area contributed by atoms with Gasteiger partial charge in [-0.05, 0) is 18.2 Å². The van der Waals surface area contributed by atoms with E-state index in [-0.39, 0.29) is 16.3 Å². The van der Waals surface area contributed by atoms with E-state index in [0.717, 1.165) is 4.09 Å². The van der Waals surface area contributed by atoms with E-state index in [1.807, 2.05) is 0 Å². The highest BCUT2D eigenvalue weighted by Crippen LogP contribution is 2.17. The summed E-state index contributed by atoms with van der Waals surface area (Å²) in [5.41, 5.74) is 0.429. The standard InChI is InChI=1S/C15H13N5O4S/c1-24-14-6-5-12(9-17-14)25(22,23)20-10-11(8-18-20)19-15(21)13-4-2-3-7-16-13/h2-10H,1H3,(H,19,21). The number of nitrogens with zero attached hydrogens (tertiary/aromatic N) is 4. The van der Waals surface area contributed by atoms with Crippen LogP contribution in [0.2, 0.25) is 0 Å². The molecule has 0 radical (unpaired) electrons. The van der Waals surface area contributed by atoms with Crippen LogP contribution in [-0.4, -0.2) is 40.6 Å². The normalized spacial score (nSPS) is 11.1. The molecule has 0 aromatic carbocycles. The third kappa shape index (κ3) is 3.48. The number of nitrogens with one attached hydrogen (secondary N) is 1. The van der Waals surface area contributed by atoms with Crippen molar-refractivity contribution in [2.24, 2.45) is 0 Å². The maximum absolute atomic E-state index is 12.5. The minimum Gasteiger partial charge on any atom is -0.481 e. The van der Waals surface area contributed by atoms with Crippen LogP contribution in [0.25, 0.3) is 0 Å². The first-order valence-corrected chi connectivity index (χ1v) is 8.47. The number of anilines is 1. The Hall–Kier alpha value is -3.27. The summed E-state index contributed by atoms with van der Waals surface area (Å²) in [7, 11) is -2.49. The lowest BCUT2D eigenvalue weighted by Crippen LogP contribution is -2.15. The van der Waals surface area contributed by atoms with Crippen LogP contribution in [0.1, 0.15) is 10.5 Å². The number of hydrogen-bond acceptors (Lipinski definition) is 7. The Morgan fingerprint density at radius 3 is 2.64 bits per heavy atom. The fraction of sp³-hybridized carbons (Fsp3) is 0.0667. The van der Waals surface area contributed by atoms with Gasteiger partial charge in [0.25, 0.3) is 15.9 Å². The zero-order valence-electron chi connectivity index (χ0n) is 13.0. The van der Waals surface area contributed by atoms with Crippen molar-refractivity contribution in [1.29, 1.82) is 0 Å². The number of rotatable bonds is 5. The molecule has 0 aliphatic heterocycles. The van der Waals surface area contributed by atoms with Gasteiger partial charge in [0, 0.05) is 12.3 Å². The monoisotopic (exact) mass is 359 g/mol. The van der Waals surface area contributed by atoms with Crippen LogP contribution in [0.4, 0.5) is 5.69 Å². The zero-order chi connectivity index (χ0) is 17.9. The van der Waals surface area contributed by atoms with Crippen LogP contribution in [0.3, 0.4) is 0 Å². The first-order chi connectivity index (χ1) is 12.0. The minimum absolute atomic E-state index is 0.0565. The van der Waals surface area contributed by atoms with E-state index >= 15 is 0 Å². The van der Waals surface area contributed by atoms with E-state index in [1.165, 1.54) is 44.0 Å². The highest BCUT2D eigenvalue weighted by molar-refractivity contribution is 7.89. The molecule has 25 heavy (non-hydrogen) atoms. The number of ether oxygens (including phenoxy) is 1. The number of amides is 1. The predicted molar refractivity (Wildman–Crippen MR) is 87.8 cm³/mol. The number of carbonyl (C=O) groups is 1. The van der Waals surface area contributed by atoms with E-state index in [9.17, 15) is 13.2 Å². The van der Waals surface area contributed by atoms with Crippen molar-refractivity contribution in [3.8, 4) is 5.88 Å². The van der Waals surface area contributed by atoms with Crippen molar-refractivity contribution in [2.45, 2.75) is 4.90 Å². The zero-order valence-corrected chi connectivity index (χ0v) is 13.8. The number of methoxy groups -OCH3 is 1. The first kappa shape index (κ1) is 16.6. The summed E-state index contributed by atoms with van der Waals surface area (Å²) >= 11 is 0. The Morgan fingerprint density at radius 2 is 2.00 bits per heavy atom. The van der Waals surface area contributed by atoms with E-state index in [1.54, 1.807) is 18.2 Å². The van der Waals surface area contributed by atoms with E-state index < -0.39 is 15.9 Å². The fourth-order valence-electron chi connectivity index (χ4n) is 1.94. The van der Waals surface area contributed by atoms with Gasteiger partial charge in [-0.1, -0.05) is 6.07 Å². The van der Waals surface area contributed by atoms with Gasteiger partial charge in [0.2, 0.25) is 5.88 Å². The van der Waals surface area contributed by atoms with Gasteiger partial charge in [-0.3, -0.25) is 9.78 Å². The van der Waals surface area contributed by atoms with Crippen molar-refractivity contribution >= 4 is 21.6 Å². The predicted octanol–water partition coefficient (Wildman–Crippen LogP) is 1.17. The van der Waals surface area contributed by atoms with Crippen LogP contribution in [0.15, 0.2) is 60.0 Å². The number of hydrogen-bond donors (Lipinski definition) is 1. The lowest BCUT2D eigenvalue weighted by atomic mass is 10.3. The highest BCUT2D eigenvalue weighted by Gasteiger charge is 2.19. The van der Waals surface area contributed by atoms with Crippen molar-refractivity contribution in [2.75, 3.05) is 12.4 Å². The highest BCUT2D eigenvalue weighted by atomic mass is 32.2. The lowest BCUT2D eigenvalue weighted by Gasteiger charge is -2.04. The third-order valence-electron chi connectivity index (χ3n) is 3.18. The molecule has 1 N–H and O–H groups in total. The van der Waals surface area contributed by atoms with Crippen LogP contribution in [0, 0.1) is 0 Å². The second-order valence-corrected chi connectivity index (χ2v) is 6.61. The van der Waals surface area contributed by atoms with Crippen LogP contribution >= 0.6 is 0 Å². The molecule has 3 heterocycles. The van der Waals surface area contributed by atoms with Gasteiger partial charge >= 0.3 is 0 Å². The van der Waals surface area contributed by atoms with Crippen molar-refractivity contribution in [3.05, 3.63) is 60.8 Å². The molecule has 3 aromatic rings. The molecule has 0 saturated heterocycles. The fourth-order valence-corrected chi connectivity index (χ4v) is 3.01. The van der Waals surface area contributed by atoms with Gasteiger partial charge < -0.3 is 10.1 Å². The van der Waals surface area contributed by atoms with Crippen molar-refractivity contribution in [1.82, 2.24) is 19.2 Å². The summed E-state index contributed by atoms with van der Waals surface area (Å²) in [6.07, 6.45) is 5.08.